The van der Waals surface area contributed by atoms with Crippen LogP contribution in [0.4, 0.5) is 0 Å². The summed E-state index contributed by atoms with van der Waals surface area (Å²) in [5, 5.41) is 0. The zero-order valence-corrected chi connectivity index (χ0v) is 12.0. The van der Waals surface area contributed by atoms with Crippen molar-refractivity contribution in [3.63, 3.8) is 0 Å². The largest absolute Gasteiger partial charge is 0.327 e. The number of ketones is 1. The third-order valence-electron chi connectivity index (χ3n) is 3.57. The third kappa shape index (κ3) is 9.34. The first-order valence-electron chi connectivity index (χ1n) is 7.37. The number of unbranched alkanes of at least 4 members (excludes halogenated alkanes) is 7. The molecule has 2 nitrogen and oxygen atoms in total. The van der Waals surface area contributed by atoms with Crippen molar-refractivity contribution < 1.29 is 4.79 Å². The van der Waals surface area contributed by atoms with Crippen molar-refractivity contribution >= 4 is 5.78 Å². The number of Topliss-reactive ketones (excluding diaryl/α,β-unsaturated/α-hetero) is 1. The molecule has 2 atom stereocenters. The van der Waals surface area contributed by atoms with Gasteiger partial charge in [0, 0.05) is 18.4 Å². The van der Waals surface area contributed by atoms with Gasteiger partial charge < -0.3 is 5.73 Å². The first kappa shape index (κ1) is 16.6. The second-order valence-corrected chi connectivity index (χ2v) is 5.34. The van der Waals surface area contributed by atoms with Crippen LogP contribution in [0.3, 0.4) is 0 Å². The Labute approximate surface area is 107 Å². The lowest BCUT2D eigenvalue weighted by Crippen LogP contribution is -2.30. The Balaban J connectivity index is 3.31. The highest BCUT2D eigenvalue weighted by atomic mass is 16.1. The Kier molecular flexibility index (Phi) is 10.5. The van der Waals surface area contributed by atoms with Crippen molar-refractivity contribution in [3.05, 3.63) is 0 Å². The molecule has 0 saturated heterocycles. The van der Waals surface area contributed by atoms with E-state index in [0.717, 1.165) is 12.8 Å². The number of nitrogens with two attached hydrogens (primary N) is 1. The molecule has 0 aromatic carbocycles. The fraction of sp³-hybridized carbons (Fsp3) is 0.933. The number of rotatable bonds is 11. The zero-order valence-electron chi connectivity index (χ0n) is 12.0. The van der Waals surface area contributed by atoms with Crippen molar-refractivity contribution in [2.75, 3.05) is 0 Å². The van der Waals surface area contributed by atoms with Crippen molar-refractivity contribution in [3.8, 4) is 0 Å². The lowest BCUT2D eigenvalue weighted by molar-refractivity contribution is -0.122. The van der Waals surface area contributed by atoms with Crippen molar-refractivity contribution in [2.24, 2.45) is 11.7 Å². The normalized spacial score (nSPS) is 14.6. The van der Waals surface area contributed by atoms with Crippen LogP contribution in [0.25, 0.3) is 0 Å². The second-order valence-electron chi connectivity index (χ2n) is 5.34. The van der Waals surface area contributed by atoms with Crippen LogP contribution in [0.1, 0.15) is 78.6 Å². The minimum absolute atomic E-state index is 0.00320. The highest BCUT2D eigenvalue weighted by Crippen LogP contribution is 2.12. The molecule has 0 radical (unpaired) electrons. The van der Waals surface area contributed by atoms with Crippen LogP contribution in [0.2, 0.25) is 0 Å². The molecule has 0 aromatic heterocycles. The van der Waals surface area contributed by atoms with Crippen LogP contribution in [0.5, 0.6) is 0 Å². The summed E-state index contributed by atoms with van der Waals surface area (Å²) in [7, 11) is 0. The molecule has 0 saturated carbocycles. The molecule has 0 fully saturated rings. The molecular formula is C15H31NO. The van der Waals surface area contributed by atoms with Gasteiger partial charge in [0.25, 0.3) is 0 Å². The molecule has 0 heterocycles. The minimum Gasteiger partial charge on any atom is -0.327 e. The molecule has 0 rings (SSSR count). The summed E-state index contributed by atoms with van der Waals surface area (Å²) in [6.45, 7) is 6.10. The molecule has 17 heavy (non-hydrogen) atoms. The zero-order chi connectivity index (χ0) is 13.1. The number of hydrogen-bond donors (Lipinski definition) is 1. The maximum Gasteiger partial charge on any atom is 0.137 e. The van der Waals surface area contributed by atoms with Crippen LogP contribution in [0.15, 0.2) is 0 Å². The van der Waals surface area contributed by atoms with E-state index in [1.54, 1.807) is 0 Å². The molecule has 0 aromatic rings. The van der Waals surface area contributed by atoms with Gasteiger partial charge >= 0.3 is 0 Å². The van der Waals surface area contributed by atoms with Gasteiger partial charge in [-0.2, -0.15) is 0 Å². The van der Waals surface area contributed by atoms with E-state index in [1.807, 2.05) is 13.8 Å². The van der Waals surface area contributed by atoms with E-state index < -0.39 is 0 Å². The quantitative estimate of drug-likeness (QED) is 0.554. The van der Waals surface area contributed by atoms with Gasteiger partial charge in [-0.1, -0.05) is 58.8 Å². The number of carbonyl (C=O) groups excluding carboxylic acids is 1. The van der Waals surface area contributed by atoms with E-state index in [2.05, 4.69) is 6.92 Å². The van der Waals surface area contributed by atoms with Gasteiger partial charge in [-0.05, 0) is 13.3 Å². The molecule has 0 aliphatic rings. The fourth-order valence-electron chi connectivity index (χ4n) is 1.95. The highest BCUT2D eigenvalue weighted by molar-refractivity contribution is 5.81. The standard InChI is InChI=1S/C15H31NO/c1-4-5-6-7-8-9-10-11-12-15(17)13(2)14(3)16/h13-14H,4-12,16H2,1-3H3. The van der Waals surface area contributed by atoms with Gasteiger partial charge in [0.1, 0.15) is 5.78 Å². The third-order valence-corrected chi connectivity index (χ3v) is 3.57. The van der Waals surface area contributed by atoms with Crippen LogP contribution >= 0.6 is 0 Å². The maximum atomic E-state index is 11.7. The topological polar surface area (TPSA) is 43.1 Å². The van der Waals surface area contributed by atoms with Gasteiger partial charge in [0.15, 0.2) is 0 Å². The second kappa shape index (κ2) is 10.8. The first-order valence-corrected chi connectivity index (χ1v) is 7.37. The van der Waals surface area contributed by atoms with Gasteiger partial charge in [0.05, 0.1) is 0 Å². The summed E-state index contributed by atoms with van der Waals surface area (Å²) in [5.41, 5.74) is 5.71. The van der Waals surface area contributed by atoms with Crippen LogP contribution in [-0.4, -0.2) is 11.8 Å². The van der Waals surface area contributed by atoms with Crippen LogP contribution in [0, 0.1) is 5.92 Å². The minimum atomic E-state index is -0.00320. The van der Waals surface area contributed by atoms with Crippen LogP contribution in [-0.2, 0) is 4.79 Å². The molecule has 2 N–H and O–H groups in total. The van der Waals surface area contributed by atoms with Crippen molar-refractivity contribution in [1.82, 2.24) is 0 Å². The van der Waals surface area contributed by atoms with Gasteiger partial charge in [-0.3, -0.25) is 4.79 Å². The van der Waals surface area contributed by atoms with Crippen molar-refractivity contribution in [2.45, 2.75) is 84.6 Å². The smallest absolute Gasteiger partial charge is 0.137 e. The molecule has 2 heteroatoms. The lowest BCUT2D eigenvalue weighted by atomic mass is 9.95. The van der Waals surface area contributed by atoms with Gasteiger partial charge in [0.2, 0.25) is 0 Å². The van der Waals surface area contributed by atoms with E-state index in [1.165, 1.54) is 44.9 Å². The average Bonchev–Trinajstić information content (AvgIpc) is 2.31. The molecular weight excluding hydrogens is 210 g/mol. The molecule has 0 amide bonds. The van der Waals surface area contributed by atoms with E-state index in [0.29, 0.717) is 5.78 Å². The predicted octanol–water partition coefficient (Wildman–Crippen LogP) is 4.07. The molecule has 2 unspecified atom stereocenters. The summed E-state index contributed by atoms with van der Waals surface area (Å²) in [5.74, 6) is 0.366. The molecule has 0 spiro atoms. The lowest BCUT2D eigenvalue weighted by Gasteiger charge is -2.13. The monoisotopic (exact) mass is 241 g/mol. The average molecular weight is 241 g/mol. The summed E-state index contributed by atoms with van der Waals surface area (Å²) in [6, 6.07) is -0.00320. The first-order chi connectivity index (χ1) is 8.09. The predicted molar refractivity (Wildman–Crippen MR) is 75.0 cm³/mol. The Morgan fingerprint density at radius 1 is 0.941 bits per heavy atom. The Morgan fingerprint density at radius 2 is 1.41 bits per heavy atom. The highest BCUT2D eigenvalue weighted by Gasteiger charge is 2.15. The summed E-state index contributed by atoms with van der Waals surface area (Å²) >= 11 is 0. The summed E-state index contributed by atoms with van der Waals surface area (Å²) < 4.78 is 0. The Bertz CT molecular complexity index is 189. The summed E-state index contributed by atoms with van der Waals surface area (Å²) in [6.07, 6.45) is 11.0. The molecule has 0 aliphatic carbocycles. The van der Waals surface area contributed by atoms with E-state index in [-0.39, 0.29) is 12.0 Å². The fourth-order valence-corrected chi connectivity index (χ4v) is 1.95. The molecule has 0 bridgehead atoms. The summed E-state index contributed by atoms with van der Waals surface area (Å²) in [4.78, 5) is 11.7. The number of hydrogen-bond acceptors (Lipinski definition) is 2. The van der Waals surface area contributed by atoms with E-state index in [4.69, 9.17) is 5.73 Å². The SMILES string of the molecule is CCCCCCCCCCC(=O)C(C)C(C)N. The van der Waals surface area contributed by atoms with E-state index in [9.17, 15) is 4.79 Å². The van der Waals surface area contributed by atoms with Crippen LogP contribution < -0.4 is 5.73 Å². The van der Waals surface area contributed by atoms with Crippen molar-refractivity contribution in [1.29, 1.82) is 0 Å². The van der Waals surface area contributed by atoms with E-state index >= 15 is 0 Å². The number of carbonyl (C=O) groups is 1. The molecule has 0 aliphatic heterocycles. The maximum absolute atomic E-state index is 11.7. The Hall–Kier alpha value is -0.370. The molecule has 102 valence electrons. The Morgan fingerprint density at radius 3 is 1.88 bits per heavy atom. The van der Waals surface area contributed by atoms with Gasteiger partial charge in [-0.25, -0.2) is 0 Å². The van der Waals surface area contributed by atoms with Gasteiger partial charge in [-0.15, -0.1) is 0 Å².